The first-order valence-electron chi connectivity index (χ1n) is 9.56. The molecule has 0 aromatic heterocycles. The molecule has 4 heteroatoms. The molecule has 0 aromatic rings. The average Bonchev–Trinajstić information content (AvgIpc) is 2.50. The highest BCUT2D eigenvalue weighted by Crippen LogP contribution is 2.13. The van der Waals surface area contributed by atoms with Crippen LogP contribution in [0, 0.1) is 4.91 Å². The molecule has 0 saturated carbocycles. The Hall–Kier alpha value is -0.800. The maximum absolute atomic E-state index is 10.1. The molecule has 0 unspecified atom stereocenters. The SMILES string of the molecule is CCCCCCCCCCCCCCCCCCO[N+](=O)O. The predicted molar refractivity (Wildman–Crippen MR) is 90.9 cm³/mol. The quantitative estimate of drug-likeness (QED) is 0.237. The molecule has 0 rings (SSSR count). The van der Waals surface area contributed by atoms with Gasteiger partial charge in [-0.15, -0.1) is 0 Å². The summed E-state index contributed by atoms with van der Waals surface area (Å²) >= 11 is 0. The van der Waals surface area contributed by atoms with Crippen LogP contribution < -0.4 is 0 Å². The summed E-state index contributed by atoms with van der Waals surface area (Å²) in [6.07, 6.45) is 21.2. The van der Waals surface area contributed by atoms with Crippen LogP contribution in [0.1, 0.15) is 110 Å². The molecule has 0 saturated heterocycles. The monoisotopic (exact) mass is 316 g/mol. The molecule has 1 N–H and O–H groups in total. The fraction of sp³-hybridized carbons (Fsp3) is 1.00. The predicted octanol–water partition coefficient (Wildman–Crippen LogP) is 6.35. The maximum Gasteiger partial charge on any atom is 0.475 e. The highest BCUT2D eigenvalue weighted by Gasteiger charge is 2.02. The smallest absolute Gasteiger partial charge is 0.200 e. The first-order valence-corrected chi connectivity index (χ1v) is 9.56. The van der Waals surface area contributed by atoms with Crippen molar-refractivity contribution in [1.29, 1.82) is 0 Å². The highest BCUT2D eigenvalue weighted by atomic mass is 16.9. The van der Waals surface area contributed by atoms with Gasteiger partial charge in [0.05, 0.1) is 0 Å². The molecule has 0 heterocycles. The molecule has 4 nitrogen and oxygen atoms in total. The number of hydrogen-bond acceptors (Lipinski definition) is 2. The molecular weight excluding hydrogens is 278 g/mol. The molecule has 0 bridgehead atoms. The van der Waals surface area contributed by atoms with E-state index >= 15 is 0 Å². The Morgan fingerprint density at radius 1 is 0.636 bits per heavy atom. The van der Waals surface area contributed by atoms with Gasteiger partial charge in [-0.1, -0.05) is 96.8 Å². The van der Waals surface area contributed by atoms with E-state index in [2.05, 4.69) is 11.8 Å². The van der Waals surface area contributed by atoms with Gasteiger partial charge in [0.2, 0.25) is 0 Å². The van der Waals surface area contributed by atoms with Crippen molar-refractivity contribution < 1.29 is 15.1 Å². The van der Waals surface area contributed by atoms with E-state index in [0.29, 0.717) is 6.61 Å². The van der Waals surface area contributed by atoms with Crippen LogP contribution in [0.25, 0.3) is 0 Å². The second-order valence-electron chi connectivity index (χ2n) is 6.37. The molecule has 0 aliphatic heterocycles. The topological polar surface area (TPSA) is 49.5 Å². The van der Waals surface area contributed by atoms with Gasteiger partial charge < -0.3 is 0 Å². The Morgan fingerprint density at radius 2 is 0.955 bits per heavy atom. The number of hydrogen-bond donors (Lipinski definition) is 1. The zero-order valence-electron chi connectivity index (χ0n) is 14.7. The van der Waals surface area contributed by atoms with Crippen molar-refractivity contribution in [2.45, 2.75) is 110 Å². The summed E-state index contributed by atoms with van der Waals surface area (Å²) in [6.45, 7) is 2.59. The second kappa shape index (κ2) is 18.2. The van der Waals surface area contributed by atoms with Gasteiger partial charge in [0.15, 0.2) is 6.61 Å². The third kappa shape index (κ3) is 19.2. The Kier molecular flexibility index (Phi) is 17.6. The summed E-state index contributed by atoms with van der Waals surface area (Å²) in [6, 6.07) is 0. The molecule has 0 amide bonds. The van der Waals surface area contributed by atoms with E-state index in [9.17, 15) is 4.91 Å². The molecule has 132 valence electrons. The van der Waals surface area contributed by atoms with E-state index in [1.165, 1.54) is 89.9 Å². The van der Waals surface area contributed by atoms with E-state index in [0.717, 1.165) is 12.8 Å². The highest BCUT2D eigenvalue weighted by molar-refractivity contribution is 4.49. The molecule has 0 fully saturated rings. The van der Waals surface area contributed by atoms with Gasteiger partial charge in [0, 0.05) is 0 Å². The van der Waals surface area contributed by atoms with Gasteiger partial charge in [-0.05, 0) is 12.8 Å². The molecule has 22 heavy (non-hydrogen) atoms. The van der Waals surface area contributed by atoms with Crippen LogP contribution in [-0.2, 0) is 4.84 Å². The average molecular weight is 317 g/mol. The van der Waals surface area contributed by atoms with Gasteiger partial charge in [0.1, 0.15) is 4.91 Å². The van der Waals surface area contributed by atoms with Gasteiger partial charge >= 0.3 is 5.09 Å². The van der Waals surface area contributed by atoms with Crippen LogP contribution in [0.3, 0.4) is 0 Å². The zero-order chi connectivity index (χ0) is 16.3. The summed E-state index contributed by atoms with van der Waals surface area (Å²) in [5, 5.41) is 7.78. The first kappa shape index (κ1) is 21.2. The largest absolute Gasteiger partial charge is 0.475 e. The third-order valence-electron chi connectivity index (χ3n) is 4.20. The molecule has 0 atom stereocenters. The van der Waals surface area contributed by atoms with Crippen LogP contribution in [0.5, 0.6) is 0 Å². The fourth-order valence-electron chi connectivity index (χ4n) is 2.79. The lowest BCUT2D eigenvalue weighted by Crippen LogP contribution is -2.04. The van der Waals surface area contributed by atoms with Crippen molar-refractivity contribution in [3.05, 3.63) is 4.91 Å². The Balaban J connectivity index is 2.95. The van der Waals surface area contributed by atoms with Gasteiger partial charge in [-0.2, -0.15) is 4.84 Å². The lowest BCUT2D eigenvalue weighted by molar-refractivity contribution is -0.975. The van der Waals surface area contributed by atoms with E-state index in [4.69, 9.17) is 5.21 Å². The fourth-order valence-corrected chi connectivity index (χ4v) is 2.79. The molecular formula is C18H38NO3+. The van der Waals surface area contributed by atoms with E-state index in [1.54, 1.807) is 0 Å². The lowest BCUT2D eigenvalue weighted by atomic mass is 10.0. The Labute approximate surface area is 137 Å². The summed E-state index contributed by atoms with van der Waals surface area (Å²) in [4.78, 5) is 14.4. The number of rotatable bonds is 18. The maximum atomic E-state index is 10.1. The van der Waals surface area contributed by atoms with Gasteiger partial charge in [0.25, 0.3) is 0 Å². The van der Waals surface area contributed by atoms with Crippen LogP contribution in [0.15, 0.2) is 0 Å². The van der Waals surface area contributed by atoms with Crippen molar-refractivity contribution in [2.75, 3.05) is 6.61 Å². The number of unbranched alkanes of at least 4 members (excludes halogenated alkanes) is 15. The Morgan fingerprint density at radius 3 is 1.27 bits per heavy atom. The molecule has 0 radical (unpaired) electrons. The van der Waals surface area contributed by atoms with Crippen molar-refractivity contribution >= 4 is 0 Å². The second-order valence-corrected chi connectivity index (χ2v) is 6.37. The molecule has 0 aromatic carbocycles. The minimum atomic E-state index is -0.453. The summed E-state index contributed by atoms with van der Waals surface area (Å²) in [5.41, 5.74) is 0. The lowest BCUT2D eigenvalue weighted by Gasteiger charge is -2.03. The minimum Gasteiger partial charge on any atom is -0.200 e. The molecule has 0 aliphatic rings. The summed E-state index contributed by atoms with van der Waals surface area (Å²) in [7, 11) is 0. The van der Waals surface area contributed by atoms with Crippen LogP contribution >= 0.6 is 0 Å². The molecule has 0 aliphatic carbocycles. The molecule has 0 spiro atoms. The van der Waals surface area contributed by atoms with Crippen molar-refractivity contribution in [3.8, 4) is 0 Å². The van der Waals surface area contributed by atoms with E-state index < -0.39 is 5.09 Å². The van der Waals surface area contributed by atoms with Gasteiger partial charge in [-0.25, -0.2) is 5.21 Å². The summed E-state index contributed by atoms with van der Waals surface area (Å²) in [5.74, 6) is 0. The van der Waals surface area contributed by atoms with E-state index in [-0.39, 0.29) is 0 Å². The van der Waals surface area contributed by atoms with Crippen molar-refractivity contribution in [3.63, 3.8) is 0 Å². The van der Waals surface area contributed by atoms with Crippen LogP contribution in [-0.4, -0.2) is 16.9 Å². The first-order chi connectivity index (χ1) is 10.8. The minimum absolute atomic E-state index is 0.318. The van der Waals surface area contributed by atoms with Crippen molar-refractivity contribution in [1.82, 2.24) is 0 Å². The number of nitrogens with zero attached hydrogens (tertiary/aromatic N) is 1. The van der Waals surface area contributed by atoms with E-state index in [1.807, 2.05) is 0 Å². The standard InChI is InChI=1S/C18H38NO3/c1-2-3-4-5-6-7-8-9-10-11-12-13-14-15-16-17-18-22-19(20)21/h2-18H2,1H3,(H,20,21)/q+1. The van der Waals surface area contributed by atoms with Crippen LogP contribution in [0.4, 0.5) is 0 Å². The summed E-state index contributed by atoms with van der Waals surface area (Å²) < 4.78 is 0. The van der Waals surface area contributed by atoms with Gasteiger partial charge in [-0.3, -0.25) is 0 Å². The third-order valence-corrected chi connectivity index (χ3v) is 4.20. The normalized spacial score (nSPS) is 10.8. The zero-order valence-corrected chi connectivity index (χ0v) is 14.7. The van der Waals surface area contributed by atoms with Crippen molar-refractivity contribution in [2.24, 2.45) is 0 Å². The Bertz CT molecular complexity index is 234. The van der Waals surface area contributed by atoms with Crippen LogP contribution in [0.2, 0.25) is 0 Å².